The van der Waals surface area contributed by atoms with Crippen molar-refractivity contribution in [1.82, 2.24) is 0 Å². The van der Waals surface area contributed by atoms with E-state index in [1.54, 1.807) is 0 Å². The van der Waals surface area contributed by atoms with Gasteiger partial charge in [0, 0.05) is 33.0 Å². The van der Waals surface area contributed by atoms with E-state index >= 15 is 0 Å². The number of fused-ring (bicyclic) bond motifs is 16. The highest BCUT2D eigenvalue weighted by atomic mass is 16.3. The molecule has 0 saturated carbocycles. The number of hydrogen-bond acceptors (Lipinski definition) is 2. The molecule has 0 amide bonds. The topological polar surface area (TPSA) is 16.4 Å². The Morgan fingerprint density at radius 2 is 0.833 bits per heavy atom. The molecule has 0 radical (unpaired) electrons. The Bertz CT molecular complexity index is 3780. The third-order valence-electron chi connectivity index (χ3n) is 15.1. The number of hydrogen-bond donors (Lipinski definition) is 0. The third-order valence-corrected chi connectivity index (χ3v) is 15.1. The Kier molecular flexibility index (Phi) is 7.70. The normalized spacial score (nSPS) is 14.2. The average molecular weight is 842 g/mol. The molecule has 0 unspecified atom stereocenters. The monoisotopic (exact) mass is 841 g/mol. The maximum Gasteiger partial charge on any atom is 0.135 e. The Morgan fingerprint density at radius 1 is 0.333 bits per heavy atom. The summed E-state index contributed by atoms with van der Waals surface area (Å²) in [6.07, 6.45) is 0. The van der Waals surface area contributed by atoms with E-state index < -0.39 is 5.41 Å². The quantitative estimate of drug-likeness (QED) is 0.172. The molecule has 1 heterocycles. The third kappa shape index (κ3) is 4.91. The molecule has 0 bridgehead atoms. The van der Waals surface area contributed by atoms with Crippen molar-refractivity contribution < 1.29 is 4.42 Å². The predicted octanol–water partition coefficient (Wildman–Crippen LogP) is 17.0. The number of nitrogens with zero attached hydrogens (tertiary/aromatic N) is 1. The van der Waals surface area contributed by atoms with Crippen LogP contribution in [0.5, 0.6) is 0 Å². The zero-order valence-electron chi connectivity index (χ0n) is 36.7. The summed E-state index contributed by atoms with van der Waals surface area (Å²) in [5, 5.41) is 2.24. The van der Waals surface area contributed by atoms with Crippen molar-refractivity contribution in [2.24, 2.45) is 0 Å². The van der Waals surface area contributed by atoms with E-state index in [-0.39, 0.29) is 5.41 Å². The van der Waals surface area contributed by atoms with Crippen LogP contribution < -0.4 is 4.90 Å². The first-order valence-electron chi connectivity index (χ1n) is 23.1. The molecule has 0 fully saturated rings. The summed E-state index contributed by atoms with van der Waals surface area (Å²) in [4.78, 5) is 2.53. The van der Waals surface area contributed by atoms with Gasteiger partial charge in [-0.05, 0) is 120 Å². The first-order chi connectivity index (χ1) is 32.5. The Hall–Kier alpha value is -8.20. The summed E-state index contributed by atoms with van der Waals surface area (Å²) >= 11 is 0. The summed E-state index contributed by atoms with van der Waals surface area (Å²) in [5.41, 5.74) is 25.1. The van der Waals surface area contributed by atoms with Crippen LogP contribution >= 0.6 is 0 Å². The summed E-state index contributed by atoms with van der Waals surface area (Å²) in [6, 6.07) is 83.4. The van der Waals surface area contributed by atoms with Gasteiger partial charge in [-0.25, -0.2) is 0 Å². The van der Waals surface area contributed by atoms with Crippen LogP contribution in [0.1, 0.15) is 47.2 Å². The number of benzene rings is 10. The lowest BCUT2D eigenvalue weighted by Gasteiger charge is -2.32. The van der Waals surface area contributed by atoms with Crippen molar-refractivity contribution in [1.29, 1.82) is 0 Å². The SMILES string of the molecule is CC1(C)c2ccccc2-c2c(-c3ccccc3N(c3ccc4c(c3)-c3ccccc3C43c4ccccc4-c4ccccc43)c3ccccc3-c3ccc4oc5ccccc5c4c3)cccc21. The van der Waals surface area contributed by atoms with Crippen LogP contribution in [-0.2, 0) is 10.8 Å². The molecule has 1 spiro atoms. The van der Waals surface area contributed by atoms with Crippen LogP contribution in [0, 0.1) is 0 Å². The fourth-order valence-electron chi connectivity index (χ4n) is 12.3. The zero-order chi connectivity index (χ0) is 43.7. The van der Waals surface area contributed by atoms with Crippen LogP contribution in [0.2, 0.25) is 0 Å². The van der Waals surface area contributed by atoms with Gasteiger partial charge in [-0.15, -0.1) is 0 Å². The van der Waals surface area contributed by atoms with Crippen LogP contribution in [0.25, 0.3) is 77.6 Å². The molecule has 0 saturated heterocycles. The molecule has 1 aromatic heterocycles. The van der Waals surface area contributed by atoms with E-state index in [0.29, 0.717) is 0 Å². The van der Waals surface area contributed by atoms with Crippen molar-refractivity contribution in [3.05, 3.63) is 258 Å². The molecule has 11 aromatic rings. The van der Waals surface area contributed by atoms with Crippen molar-refractivity contribution in [2.45, 2.75) is 24.7 Å². The minimum absolute atomic E-state index is 0.125. The molecule has 3 aliphatic carbocycles. The fraction of sp³-hybridized carbons (Fsp3) is 0.0625. The van der Waals surface area contributed by atoms with E-state index in [9.17, 15) is 0 Å². The number of anilines is 3. The van der Waals surface area contributed by atoms with Gasteiger partial charge < -0.3 is 9.32 Å². The largest absolute Gasteiger partial charge is 0.456 e. The van der Waals surface area contributed by atoms with Crippen LogP contribution in [0.4, 0.5) is 17.1 Å². The molecule has 2 heteroatoms. The molecule has 310 valence electrons. The highest BCUT2D eigenvalue weighted by Crippen LogP contribution is 2.63. The molecule has 0 N–H and O–H groups in total. The van der Waals surface area contributed by atoms with Crippen LogP contribution in [0.3, 0.4) is 0 Å². The maximum atomic E-state index is 6.35. The Labute approximate surface area is 384 Å². The lowest BCUT2D eigenvalue weighted by Crippen LogP contribution is -2.25. The molecule has 14 rings (SSSR count). The maximum absolute atomic E-state index is 6.35. The molecule has 10 aromatic carbocycles. The first kappa shape index (κ1) is 37.2. The summed E-state index contributed by atoms with van der Waals surface area (Å²) in [5.74, 6) is 0. The van der Waals surface area contributed by atoms with E-state index in [1.165, 1.54) is 77.9 Å². The molecular formula is C64H43NO. The second kappa shape index (κ2) is 13.7. The van der Waals surface area contributed by atoms with Crippen molar-refractivity contribution in [3.8, 4) is 55.6 Å². The molecular weight excluding hydrogens is 799 g/mol. The minimum Gasteiger partial charge on any atom is -0.456 e. The van der Waals surface area contributed by atoms with Crippen LogP contribution in [-0.4, -0.2) is 0 Å². The number of rotatable bonds is 5. The summed E-state index contributed by atoms with van der Waals surface area (Å²) < 4.78 is 6.35. The molecule has 2 nitrogen and oxygen atoms in total. The van der Waals surface area contributed by atoms with Crippen molar-refractivity contribution in [3.63, 3.8) is 0 Å². The Morgan fingerprint density at radius 3 is 1.55 bits per heavy atom. The van der Waals surface area contributed by atoms with E-state index in [4.69, 9.17) is 4.42 Å². The minimum atomic E-state index is -0.425. The van der Waals surface area contributed by atoms with E-state index in [1.807, 2.05) is 6.07 Å². The molecule has 0 atom stereocenters. The lowest BCUT2D eigenvalue weighted by atomic mass is 9.70. The molecule has 3 aliphatic rings. The average Bonchev–Trinajstić information content (AvgIpc) is 4.06. The van der Waals surface area contributed by atoms with Gasteiger partial charge in [0.25, 0.3) is 0 Å². The van der Waals surface area contributed by atoms with E-state index in [0.717, 1.165) is 50.1 Å². The van der Waals surface area contributed by atoms with Gasteiger partial charge in [0.05, 0.1) is 16.8 Å². The van der Waals surface area contributed by atoms with Gasteiger partial charge in [-0.2, -0.15) is 0 Å². The van der Waals surface area contributed by atoms with Gasteiger partial charge in [0.15, 0.2) is 0 Å². The van der Waals surface area contributed by atoms with Gasteiger partial charge in [-0.1, -0.05) is 196 Å². The zero-order valence-corrected chi connectivity index (χ0v) is 36.7. The predicted molar refractivity (Wildman–Crippen MR) is 273 cm³/mol. The number of furan rings is 1. The van der Waals surface area contributed by atoms with Crippen molar-refractivity contribution in [2.75, 3.05) is 4.90 Å². The second-order valence-electron chi connectivity index (χ2n) is 18.7. The highest BCUT2D eigenvalue weighted by molar-refractivity contribution is 6.08. The smallest absolute Gasteiger partial charge is 0.135 e. The molecule has 0 aliphatic heterocycles. The molecule has 66 heavy (non-hydrogen) atoms. The van der Waals surface area contributed by atoms with Gasteiger partial charge in [0.2, 0.25) is 0 Å². The first-order valence-corrected chi connectivity index (χ1v) is 23.1. The lowest BCUT2D eigenvalue weighted by molar-refractivity contribution is 0.660. The van der Waals surface area contributed by atoms with Gasteiger partial charge in [-0.3, -0.25) is 0 Å². The van der Waals surface area contributed by atoms with Gasteiger partial charge in [0.1, 0.15) is 11.2 Å². The van der Waals surface area contributed by atoms with Crippen molar-refractivity contribution >= 4 is 39.0 Å². The Balaban J connectivity index is 1.04. The second-order valence-corrected chi connectivity index (χ2v) is 18.7. The van der Waals surface area contributed by atoms with Crippen LogP contribution in [0.15, 0.2) is 229 Å². The highest BCUT2D eigenvalue weighted by Gasteiger charge is 2.51. The summed E-state index contributed by atoms with van der Waals surface area (Å²) in [7, 11) is 0. The number of para-hydroxylation sites is 3. The fourth-order valence-corrected chi connectivity index (χ4v) is 12.3. The standard InChI is InChI=1S/C64H43NO/c1-63(2)52-26-10-6-24-49(52)62-48(25-17-30-57(62)63)46-22-8-15-32-59(46)65(58-31-14-7-18-42(58)40-34-37-61-51(38-40)47-23-9-16-33-60(47)66-61)41-35-36-56-50(39-41)45-21-5-13-29-55(45)64(56)53-27-11-3-19-43(53)44-20-4-12-28-54(44)64/h3-39H,1-2H3. The van der Waals surface area contributed by atoms with E-state index in [2.05, 4.69) is 237 Å². The summed E-state index contributed by atoms with van der Waals surface area (Å²) in [6.45, 7) is 4.73. The van der Waals surface area contributed by atoms with Gasteiger partial charge >= 0.3 is 0 Å².